The second kappa shape index (κ2) is 7.60. The quantitative estimate of drug-likeness (QED) is 0.478. The van der Waals surface area contributed by atoms with Gasteiger partial charge in [0.1, 0.15) is 5.82 Å². The molecule has 0 aliphatic carbocycles. The predicted molar refractivity (Wildman–Crippen MR) is 102 cm³/mol. The van der Waals surface area contributed by atoms with Crippen LogP contribution in [0.25, 0.3) is 32.9 Å². The largest absolute Gasteiger partial charge is 0.352 e. The molecule has 0 aliphatic heterocycles. The monoisotopic (exact) mass is 353 g/mol. The molecule has 3 nitrogen and oxygen atoms in total. The van der Waals surface area contributed by atoms with Crippen molar-refractivity contribution in [1.82, 2.24) is 15.0 Å². The molecule has 1 aromatic carbocycles. The van der Waals surface area contributed by atoms with Gasteiger partial charge in [-0.25, -0.2) is 8.78 Å². The second-order valence-electron chi connectivity index (χ2n) is 6.14. The summed E-state index contributed by atoms with van der Waals surface area (Å²) in [6.45, 7) is 6.12. The maximum absolute atomic E-state index is 13.9. The lowest BCUT2D eigenvalue weighted by molar-refractivity contribution is 0.602. The smallest absolute Gasteiger partial charge is 0.165 e. The Morgan fingerprint density at radius 1 is 0.885 bits per heavy atom. The second-order valence-corrected chi connectivity index (χ2v) is 6.14. The maximum atomic E-state index is 13.9. The lowest BCUT2D eigenvalue weighted by Gasteiger charge is -2.04. The topological polar surface area (TPSA) is 41.6 Å². The molecule has 0 amide bonds. The molecule has 0 fully saturated rings. The average molecular weight is 353 g/mol. The molecule has 0 unspecified atom stereocenters. The lowest BCUT2D eigenvalue weighted by atomic mass is 10.0. The van der Waals surface area contributed by atoms with E-state index in [1.165, 1.54) is 18.7 Å². The van der Waals surface area contributed by atoms with Gasteiger partial charge in [-0.1, -0.05) is 39.3 Å². The summed E-state index contributed by atoms with van der Waals surface area (Å²) in [5.74, 6) is -0.697. The first-order chi connectivity index (χ1) is 12.6. The molecular formula is C21H21F2N3. The summed E-state index contributed by atoms with van der Waals surface area (Å²) in [5, 5.41) is 1.62. The summed E-state index contributed by atoms with van der Waals surface area (Å²) < 4.78 is 27.8. The number of nitrogens with one attached hydrogen (secondary N) is 1. The van der Waals surface area contributed by atoms with Crippen molar-refractivity contribution in [2.45, 2.75) is 33.6 Å². The van der Waals surface area contributed by atoms with Crippen molar-refractivity contribution in [2.75, 3.05) is 0 Å². The number of hydrogen-bond donors (Lipinski definition) is 1. The van der Waals surface area contributed by atoms with Crippen LogP contribution in [0.3, 0.4) is 0 Å². The number of H-pyrrole nitrogens is 1. The van der Waals surface area contributed by atoms with Crippen molar-refractivity contribution in [1.29, 1.82) is 0 Å². The highest BCUT2D eigenvalue weighted by Gasteiger charge is 2.11. The number of aromatic amines is 1. The molecule has 0 aliphatic rings. The molecule has 0 atom stereocenters. The average Bonchev–Trinajstić information content (AvgIpc) is 3.02. The first kappa shape index (κ1) is 18.0. The first-order valence-electron chi connectivity index (χ1n) is 8.78. The molecule has 3 aromatic heterocycles. The number of nitrogens with zero attached hydrogens (tertiary/aromatic N) is 2. The fourth-order valence-corrected chi connectivity index (χ4v) is 2.85. The van der Waals surface area contributed by atoms with Crippen molar-refractivity contribution in [2.24, 2.45) is 0 Å². The van der Waals surface area contributed by atoms with E-state index in [0.717, 1.165) is 21.9 Å². The van der Waals surface area contributed by atoms with Gasteiger partial charge in [-0.2, -0.15) is 0 Å². The van der Waals surface area contributed by atoms with Gasteiger partial charge in [0.05, 0.1) is 17.4 Å². The molecule has 134 valence electrons. The Hall–Kier alpha value is -2.82. The molecule has 4 aromatic rings. The van der Waals surface area contributed by atoms with Gasteiger partial charge < -0.3 is 4.98 Å². The van der Waals surface area contributed by atoms with Crippen LogP contribution in [0.2, 0.25) is 0 Å². The van der Waals surface area contributed by atoms with E-state index >= 15 is 0 Å². The summed E-state index contributed by atoms with van der Waals surface area (Å²) in [7, 11) is 0. The Kier molecular flexibility index (Phi) is 5.26. The van der Waals surface area contributed by atoms with Crippen LogP contribution in [0.15, 0.2) is 42.9 Å². The Labute approximate surface area is 151 Å². The van der Waals surface area contributed by atoms with E-state index in [-0.39, 0.29) is 11.6 Å². The standard InChI is InChI=1S/C18H13F2N3.C3H8/c1-2-16-14(19)5-11(7-22-16)10-3-4-12-13-8-21-9-15(20)18(13)23-17(12)6-10;1-3-2/h3-9,23H,2H2,1H3;3H2,1-2H3. The number of pyridine rings is 2. The van der Waals surface area contributed by atoms with Gasteiger partial charge in [0.15, 0.2) is 5.82 Å². The zero-order chi connectivity index (χ0) is 18.7. The normalized spacial score (nSPS) is 10.8. The highest BCUT2D eigenvalue weighted by molar-refractivity contribution is 6.07. The van der Waals surface area contributed by atoms with Crippen LogP contribution in [0, 0.1) is 11.6 Å². The lowest BCUT2D eigenvalue weighted by Crippen LogP contribution is -1.93. The minimum Gasteiger partial charge on any atom is -0.352 e. The van der Waals surface area contributed by atoms with Gasteiger partial charge in [0, 0.05) is 34.2 Å². The van der Waals surface area contributed by atoms with Crippen molar-refractivity contribution < 1.29 is 8.78 Å². The Balaban J connectivity index is 0.000000613. The van der Waals surface area contributed by atoms with Crippen LogP contribution in [0.4, 0.5) is 8.78 Å². The fourth-order valence-electron chi connectivity index (χ4n) is 2.85. The number of halogens is 2. The van der Waals surface area contributed by atoms with E-state index in [4.69, 9.17) is 0 Å². The van der Waals surface area contributed by atoms with E-state index < -0.39 is 0 Å². The SMILES string of the molecule is CCC.CCc1ncc(-c2ccc3c(c2)[nH]c2c(F)cncc23)cc1F. The number of fused-ring (bicyclic) bond motifs is 3. The summed E-state index contributed by atoms with van der Waals surface area (Å²) in [6, 6.07) is 7.12. The molecule has 0 bridgehead atoms. The zero-order valence-corrected chi connectivity index (χ0v) is 15.1. The predicted octanol–water partition coefficient (Wildman–Crippen LogP) is 6.04. The molecule has 1 N–H and O–H groups in total. The highest BCUT2D eigenvalue weighted by Crippen LogP contribution is 2.30. The van der Waals surface area contributed by atoms with E-state index in [1.807, 2.05) is 25.1 Å². The molecule has 0 saturated heterocycles. The van der Waals surface area contributed by atoms with Crippen molar-refractivity contribution in [3.8, 4) is 11.1 Å². The molecule has 26 heavy (non-hydrogen) atoms. The van der Waals surface area contributed by atoms with Gasteiger partial charge in [0.25, 0.3) is 0 Å². The summed E-state index contributed by atoms with van der Waals surface area (Å²) in [4.78, 5) is 11.1. The van der Waals surface area contributed by atoms with E-state index in [0.29, 0.717) is 23.2 Å². The third-order valence-electron chi connectivity index (χ3n) is 4.05. The minimum absolute atomic E-state index is 0.308. The van der Waals surface area contributed by atoms with Gasteiger partial charge in [-0.15, -0.1) is 0 Å². The van der Waals surface area contributed by atoms with E-state index in [9.17, 15) is 8.78 Å². The van der Waals surface area contributed by atoms with Crippen LogP contribution in [-0.4, -0.2) is 15.0 Å². The number of benzene rings is 1. The number of hydrogen-bond acceptors (Lipinski definition) is 2. The van der Waals surface area contributed by atoms with Crippen molar-refractivity contribution >= 4 is 21.8 Å². The maximum Gasteiger partial charge on any atom is 0.165 e. The van der Waals surface area contributed by atoms with Crippen LogP contribution in [0.5, 0.6) is 0 Å². The van der Waals surface area contributed by atoms with Crippen LogP contribution in [-0.2, 0) is 6.42 Å². The molecule has 0 radical (unpaired) electrons. The molecule has 0 spiro atoms. The first-order valence-corrected chi connectivity index (χ1v) is 8.78. The van der Waals surface area contributed by atoms with Gasteiger partial charge in [-0.3, -0.25) is 9.97 Å². The van der Waals surface area contributed by atoms with Crippen molar-refractivity contribution in [3.63, 3.8) is 0 Å². The Morgan fingerprint density at radius 2 is 1.65 bits per heavy atom. The van der Waals surface area contributed by atoms with E-state index in [2.05, 4.69) is 28.8 Å². The Morgan fingerprint density at radius 3 is 2.35 bits per heavy atom. The number of aromatic nitrogens is 3. The van der Waals surface area contributed by atoms with Gasteiger partial charge in [0.2, 0.25) is 0 Å². The number of rotatable bonds is 2. The third kappa shape index (κ3) is 3.29. The number of aryl methyl sites for hydroxylation is 1. The highest BCUT2D eigenvalue weighted by atomic mass is 19.1. The summed E-state index contributed by atoms with van der Waals surface area (Å²) in [6.07, 6.45) is 6.28. The summed E-state index contributed by atoms with van der Waals surface area (Å²) >= 11 is 0. The van der Waals surface area contributed by atoms with Gasteiger partial charge >= 0.3 is 0 Å². The fraction of sp³-hybridized carbons (Fsp3) is 0.238. The van der Waals surface area contributed by atoms with E-state index in [1.54, 1.807) is 12.4 Å². The van der Waals surface area contributed by atoms with Crippen LogP contribution in [0.1, 0.15) is 32.9 Å². The zero-order valence-electron chi connectivity index (χ0n) is 15.1. The molecule has 0 saturated carbocycles. The van der Waals surface area contributed by atoms with Crippen LogP contribution < -0.4 is 0 Å². The minimum atomic E-state index is -0.389. The Bertz CT molecular complexity index is 1050. The molecule has 4 rings (SSSR count). The van der Waals surface area contributed by atoms with Crippen molar-refractivity contribution in [3.05, 3.63) is 60.2 Å². The molecular weight excluding hydrogens is 332 g/mol. The molecule has 3 heterocycles. The molecule has 5 heteroatoms. The summed E-state index contributed by atoms with van der Waals surface area (Å²) in [5.41, 5.74) is 3.18. The third-order valence-corrected chi connectivity index (χ3v) is 4.05. The van der Waals surface area contributed by atoms with Gasteiger partial charge in [-0.05, 0) is 24.1 Å². The van der Waals surface area contributed by atoms with Crippen LogP contribution >= 0.6 is 0 Å².